The minimum atomic E-state index is -0.0334. The van der Waals surface area contributed by atoms with Gasteiger partial charge in [0.1, 0.15) is 11.1 Å². The summed E-state index contributed by atoms with van der Waals surface area (Å²) in [6.07, 6.45) is 6.37. The fourth-order valence-corrected chi connectivity index (χ4v) is 6.35. The SMILES string of the molecule is CCC(C)(C)C1CCc2c(sc(NC(=O)CN3CCCc4cc(C)ccc43)c2C#N)C1. The number of rotatable bonds is 5. The fraction of sp³-hybridized carbons (Fsp3) is 0.538. The van der Waals surface area contributed by atoms with E-state index in [1.54, 1.807) is 11.3 Å². The van der Waals surface area contributed by atoms with Gasteiger partial charge in [0.25, 0.3) is 0 Å². The third-order valence-electron chi connectivity index (χ3n) is 7.43. The van der Waals surface area contributed by atoms with Gasteiger partial charge in [-0.3, -0.25) is 4.79 Å². The molecule has 1 atom stereocenters. The van der Waals surface area contributed by atoms with Gasteiger partial charge >= 0.3 is 0 Å². The Balaban J connectivity index is 1.50. The van der Waals surface area contributed by atoms with Gasteiger partial charge in [-0.05, 0) is 67.6 Å². The van der Waals surface area contributed by atoms with Gasteiger partial charge in [0.05, 0.1) is 12.1 Å². The first-order valence-electron chi connectivity index (χ1n) is 11.5. The molecule has 2 heterocycles. The summed E-state index contributed by atoms with van der Waals surface area (Å²) in [5.74, 6) is 0.598. The van der Waals surface area contributed by atoms with E-state index in [1.807, 2.05) is 0 Å². The highest BCUT2D eigenvalue weighted by atomic mass is 32.1. The summed E-state index contributed by atoms with van der Waals surface area (Å²) in [5, 5.41) is 13.7. The molecule has 1 aromatic carbocycles. The number of nitriles is 1. The van der Waals surface area contributed by atoms with Crippen LogP contribution in [0.25, 0.3) is 0 Å². The van der Waals surface area contributed by atoms with Crippen molar-refractivity contribution in [3.05, 3.63) is 45.3 Å². The van der Waals surface area contributed by atoms with E-state index in [0.717, 1.165) is 50.1 Å². The summed E-state index contributed by atoms with van der Waals surface area (Å²) in [5.41, 5.74) is 5.92. The van der Waals surface area contributed by atoms with Gasteiger partial charge < -0.3 is 10.2 Å². The van der Waals surface area contributed by atoms with Crippen LogP contribution in [0.4, 0.5) is 10.7 Å². The first-order chi connectivity index (χ1) is 14.8. The van der Waals surface area contributed by atoms with Gasteiger partial charge in [-0.1, -0.05) is 44.9 Å². The molecular formula is C26H33N3OS. The minimum absolute atomic E-state index is 0.0334. The predicted molar refractivity (Wildman–Crippen MR) is 129 cm³/mol. The lowest BCUT2D eigenvalue weighted by Gasteiger charge is -2.36. The Labute approximate surface area is 190 Å². The van der Waals surface area contributed by atoms with Crippen molar-refractivity contribution in [2.24, 2.45) is 11.3 Å². The van der Waals surface area contributed by atoms with Crippen LogP contribution in [0.15, 0.2) is 18.2 Å². The summed E-state index contributed by atoms with van der Waals surface area (Å²) in [6.45, 7) is 10.3. The molecular weight excluding hydrogens is 402 g/mol. The Morgan fingerprint density at radius 2 is 2.16 bits per heavy atom. The number of aryl methyl sites for hydroxylation is 2. The van der Waals surface area contributed by atoms with Crippen LogP contribution in [-0.4, -0.2) is 19.0 Å². The third kappa shape index (κ3) is 4.36. The lowest BCUT2D eigenvalue weighted by Crippen LogP contribution is -2.36. The highest BCUT2D eigenvalue weighted by Gasteiger charge is 2.34. The second-order valence-electron chi connectivity index (χ2n) is 9.81. The highest BCUT2D eigenvalue weighted by Crippen LogP contribution is 2.45. The summed E-state index contributed by atoms with van der Waals surface area (Å²) in [7, 11) is 0. The maximum atomic E-state index is 13.0. The zero-order valence-corrected chi connectivity index (χ0v) is 20.0. The topological polar surface area (TPSA) is 56.1 Å². The van der Waals surface area contributed by atoms with E-state index >= 15 is 0 Å². The average Bonchev–Trinajstić information content (AvgIpc) is 3.09. The second-order valence-corrected chi connectivity index (χ2v) is 10.9. The number of amides is 1. The predicted octanol–water partition coefficient (Wildman–Crippen LogP) is 5.86. The molecule has 2 aliphatic rings. The lowest BCUT2D eigenvalue weighted by molar-refractivity contribution is -0.115. The minimum Gasteiger partial charge on any atom is -0.362 e. The first kappa shape index (κ1) is 21.9. The zero-order valence-electron chi connectivity index (χ0n) is 19.2. The molecule has 0 saturated carbocycles. The molecule has 0 saturated heterocycles. The van der Waals surface area contributed by atoms with Crippen LogP contribution >= 0.6 is 11.3 Å². The van der Waals surface area contributed by atoms with Crippen LogP contribution in [0, 0.1) is 29.6 Å². The number of anilines is 2. The molecule has 1 aliphatic carbocycles. The maximum Gasteiger partial charge on any atom is 0.244 e. The summed E-state index contributed by atoms with van der Waals surface area (Å²) in [6, 6.07) is 8.87. The number of carbonyl (C=O) groups excluding carboxylic acids is 1. The van der Waals surface area contributed by atoms with Gasteiger partial charge in [-0.25, -0.2) is 0 Å². The van der Waals surface area contributed by atoms with Crippen molar-refractivity contribution >= 4 is 27.9 Å². The Kier molecular flexibility index (Phi) is 6.12. The number of hydrogen-bond donors (Lipinski definition) is 1. The number of nitrogens with one attached hydrogen (secondary N) is 1. The van der Waals surface area contributed by atoms with Gasteiger partial charge in [-0.15, -0.1) is 11.3 Å². The molecule has 2 aromatic rings. The van der Waals surface area contributed by atoms with Crippen molar-refractivity contribution in [2.75, 3.05) is 23.3 Å². The summed E-state index contributed by atoms with van der Waals surface area (Å²) < 4.78 is 0. The first-order valence-corrected chi connectivity index (χ1v) is 12.3. The molecule has 1 amide bonds. The van der Waals surface area contributed by atoms with E-state index in [2.05, 4.69) is 62.2 Å². The number of thiophene rings is 1. The van der Waals surface area contributed by atoms with Crippen molar-refractivity contribution in [3.8, 4) is 6.07 Å². The van der Waals surface area contributed by atoms with Crippen LogP contribution in [0.2, 0.25) is 0 Å². The largest absolute Gasteiger partial charge is 0.362 e. The van der Waals surface area contributed by atoms with Gasteiger partial charge in [-0.2, -0.15) is 5.26 Å². The molecule has 1 aromatic heterocycles. The van der Waals surface area contributed by atoms with Crippen LogP contribution in [0.1, 0.15) is 67.2 Å². The van der Waals surface area contributed by atoms with E-state index in [-0.39, 0.29) is 5.91 Å². The number of hydrogen-bond acceptors (Lipinski definition) is 4. The Hall–Kier alpha value is -2.32. The van der Waals surface area contributed by atoms with Crippen molar-refractivity contribution < 1.29 is 4.79 Å². The molecule has 0 spiro atoms. The Bertz CT molecular complexity index is 1030. The number of benzene rings is 1. The number of nitrogens with zero attached hydrogens (tertiary/aromatic N) is 2. The molecule has 1 unspecified atom stereocenters. The molecule has 164 valence electrons. The van der Waals surface area contributed by atoms with E-state index in [9.17, 15) is 10.1 Å². The van der Waals surface area contributed by atoms with Crippen LogP contribution in [-0.2, 0) is 24.1 Å². The van der Waals surface area contributed by atoms with Gasteiger partial charge in [0.2, 0.25) is 5.91 Å². The Morgan fingerprint density at radius 3 is 2.90 bits per heavy atom. The quantitative estimate of drug-likeness (QED) is 0.640. The average molecular weight is 436 g/mol. The molecule has 4 rings (SSSR count). The van der Waals surface area contributed by atoms with E-state index in [4.69, 9.17) is 0 Å². The van der Waals surface area contributed by atoms with Crippen molar-refractivity contribution in [2.45, 2.75) is 66.2 Å². The molecule has 31 heavy (non-hydrogen) atoms. The number of fused-ring (bicyclic) bond motifs is 2. The van der Waals surface area contributed by atoms with Crippen molar-refractivity contribution in [3.63, 3.8) is 0 Å². The van der Waals surface area contributed by atoms with Crippen molar-refractivity contribution in [1.29, 1.82) is 5.26 Å². The smallest absolute Gasteiger partial charge is 0.244 e. The summed E-state index contributed by atoms with van der Waals surface area (Å²) >= 11 is 1.62. The standard InChI is InChI=1S/C26H33N3OS/c1-5-26(3,4)19-9-10-20-21(15-27)25(31-23(20)14-19)28-24(30)16-29-12-6-7-18-13-17(2)8-11-22(18)29/h8,11,13,19H,5-7,9-10,12,14,16H2,1-4H3,(H,28,30). The molecule has 0 bridgehead atoms. The monoisotopic (exact) mass is 435 g/mol. The lowest BCUT2D eigenvalue weighted by atomic mass is 9.69. The number of carbonyl (C=O) groups is 1. The van der Waals surface area contributed by atoms with Crippen LogP contribution < -0.4 is 10.2 Å². The van der Waals surface area contributed by atoms with Crippen molar-refractivity contribution in [1.82, 2.24) is 0 Å². The second kappa shape index (κ2) is 8.67. The molecule has 1 N–H and O–H groups in total. The maximum absolute atomic E-state index is 13.0. The van der Waals surface area contributed by atoms with Gasteiger partial charge in [0, 0.05) is 17.1 Å². The fourth-order valence-electron chi connectivity index (χ4n) is 5.06. The molecule has 5 heteroatoms. The van der Waals surface area contributed by atoms with Crippen LogP contribution in [0.3, 0.4) is 0 Å². The van der Waals surface area contributed by atoms with E-state index < -0.39 is 0 Å². The van der Waals surface area contributed by atoms with Gasteiger partial charge in [0.15, 0.2) is 0 Å². The van der Waals surface area contributed by atoms with E-state index in [0.29, 0.717) is 23.4 Å². The van der Waals surface area contributed by atoms with Crippen LogP contribution in [0.5, 0.6) is 0 Å². The van der Waals surface area contributed by atoms with E-state index in [1.165, 1.54) is 27.3 Å². The summed E-state index contributed by atoms with van der Waals surface area (Å²) in [4.78, 5) is 16.4. The molecule has 4 nitrogen and oxygen atoms in total. The molecule has 0 radical (unpaired) electrons. The molecule has 0 fully saturated rings. The molecule has 1 aliphatic heterocycles. The third-order valence-corrected chi connectivity index (χ3v) is 8.60. The Morgan fingerprint density at radius 1 is 1.35 bits per heavy atom. The zero-order chi connectivity index (χ0) is 22.2. The highest BCUT2D eigenvalue weighted by molar-refractivity contribution is 7.16. The normalized spacial score (nSPS) is 18.2.